The van der Waals surface area contributed by atoms with Crippen molar-refractivity contribution >= 4 is 11.9 Å². The third kappa shape index (κ3) is 3.13. The predicted molar refractivity (Wildman–Crippen MR) is 78.2 cm³/mol. The second kappa shape index (κ2) is 6.26. The molecule has 2 aromatic rings. The van der Waals surface area contributed by atoms with E-state index in [1.807, 2.05) is 30.3 Å². The average molecular weight is 287 g/mol. The summed E-state index contributed by atoms with van der Waals surface area (Å²) in [5.74, 6) is -0.786. The smallest absolute Gasteiger partial charge is 0.343 e. The van der Waals surface area contributed by atoms with E-state index in [1.54, 1.807) is 13.8 Å². The summed E-state index contributed by atoms with van der Waals surface area (Å²) in [5, 5.41) is 0. The van der Waals surface area contributed by atoms with Crippen molar-refractivity contribution in [2.24, 2.45) is 0 Å². The number of H-pyrrole nitrogens is 1. The highest BCUT2D eigenvalue weighted by Crippen LogP contribution is 2.35. The normalized spacial score (nSPS) is 10.2. The van der Waals surface area contributed by atoms with Crippen LogP contribution in [0.15, 0.2) is 30.3 Å². The molecule has 1 aromatic heterocycles. The number of aromatic nitrogens is 1. The summed E-state index contributed by atoms with van der Waals surface area (Å²) in [5.41, 5.74) is 2.27. The average Bonchev–Trinajstić information content (AvgIpc) is 2.76. The zero-order valence-electron chi connectivity index (χ0n) is 12.2. The van der Waals surface area contributed by atoms with E-state index < -0.39 is 11.9 Å². The third-order valence-electron chi connectivity index (χ3n) is 2.93. The van der Waals surface area contributed by atoms with Crippen LogP contribution in [0.3, 0.4) is 0 Å². The first-order valence-corrected chi connectivity index (χ1v) is 6.68. The van der Waals surface area contributed by atoms with Gasteiger partial charge in [0.05, 0.1) is 12.3 Å². The first kappa shape index (κ1) is 14.8. The Hall–Kier alpha value is -2.56. The lowest BCUT2D eigenvalue weighted by Gasteiger charge is -2.07. The first-order valence-electron chi connectivity index (χ1n) is 6.68. The van der Waals surface area contributed by atoms with Crippen molar-refractivity contribution in [2.75, 3.05) is 6.61 Å². The lowest BCUT2D eigenvalue weighted by Crippen LogP contribution is -2.10. The summed E-state index contributed by atoms with van der Waals surface area (Å²) in [4.78, 5) is 26.5. The minimum absolute atomic E-state index is 0.213. The zero-order valence-corrected chi connectivity index (χ0v) is 12.2. The van der Waals surface area contributed by atoms with Gasteiger partial charge < -0.3 is 14.5 Å². The van der Waals surface area contributed by atoms with E-state index in [1.165, 1.54) is 6.92 Å². The Labute approximate surface area is 122 Å². The fourth-order valence-corrected chi connectivity index (χ4v) is 2.10. The molecule has 21 heavy (non-hydrogen) atoms. The van der Waals surface area contributed by atoms with Gasteiger partial charge in [0, 0.05) is 18.2 Å². The van der Waals surface area contributed by atoms with Crippen LogP contribution in [0, 0.1) is 6.92 Å². The Morgan fingerprint density at radius 1 is 1.19 bits per heavy atom. The van der Waals surface area contributed by atoms with Gasteiger partial charge in [0.25, 0.3) is 0 Å². The van der Waals surface area contributed by atoms with Crippen LogP contribution in [-0.2, 0) is 9.53 Å². The molecule has 0 saturated carbocycles. The highest BCUT2D eigenvalue weighted by atomic mass is 16.5. The Morgan fingerprint density at radius 3 is 2.43 bits per heavy atom. The summed E-state index contributed by atoms with van der Waals surface area (Å²) >= 11 is 0. The van der Waals surface area contributed by atoms with Gasteiger partial charge in [0.2, 0.25) is 0 Å². The molecule has 5 nitrogen and oxygen atoms in total. The second-order valence-corrected chi connectivity index (χ2v) is 4.51. The van der Waals surface area contributed by atoms with Gasteiger partial charge in [-0.3, -0.25) is 4.79 Å². The summed E-state index contributed by atoms with van der Waals surface area (Å²) in [6.45, 7) is 5.02. The van der Waals surface area contributed by atoms with Crippen molar-refractivity contribution < 1.29 is 19.1 Å². The van der Waals surface area contributed by atoms with Crippen molar-refractivity contribution in [3.63, 3.8) is 0 Å². The van der Waals surface area contributed by atoms with Crippen LogP contribution in [0.4, 0.5) is 0 Å². The number of benzene rings is 1. The number of aryl methyl sites for hydroxylation is 1. The van der Waals surface area contributed by atoms with Crippen LogP contribution in [0.2, 0.25) is 0 Å². The number of esters is 2. The number of carbonyl (C=O) groups is 2. The lowest BCUT2D eigenvalue weighted by atomic mass is 10.1. The van der Waals surface area contributed by atoms with E-state index in [-0.39, 0.29) is 17.9 Å². The zero-order chi connectivity index (χ0) is 15.4. The minimum atomic E-state index is -0.510. The number of nitrogens with one attached hydrogen (secondary N) is 1. The minimum Gasteiger partial charge on any atom is -0.462 e. The summed E-state index contributed by atoms with van der Waals surface area (Å²) < 4.78 is 10.3. The van der Waals surface area contributed by atoms with Crippen molar-refractivity contribution in [1.29, 1.82) is 0 Å². The molecular formula is C16H17NO4. The van der Waals surface area contributed by atoms with Crippen LogP contribution in [-0.4, -0.2) is 23.5 Å². The summed E-state index contributed by atoms with van der Waals surface area (Å²) in [6.07, 6.45) is 0. The van der Waals surface area contributed by atoms with E-state index in [9.17, 15) is 9.59 Å². The molecule has 0 radical (unpaired) electrons. The predicted octanol–water partition coefficient (Wildman–Crippen LogP) is 3.09. The van der Waals surface area contributed by atoms with Gasteiger partial charge in [-0.25, -0.2) is 4.79 Å². The molecule has 0 amide bonds. The van der Waals surface area contributed by atoms with Gasteiger partial charge in [0.15, 0.2) is 5.75 Å². The second-order valence-electron chi connectivity index (χ2n) is 4.51. The van der Waals surface area contributed by atoms with Crippen LogP contribution < -0.4 is 4.74 Å². The maximum absolute atomic E-state index is 12.1. The molecule has 0 aliphatic rings. The highest BCUT2D eigenvalue weighted by Gasteiger charge is 2.25. The number of hydrogen-bond donors (Lipinski definition) is 1. The Bertz CT molecular complexity index is 658. The van der Waals surface area contributed by atoms with E-state index >= 15 is 0 Å². The van der Waals surface area contributed by atoms with E-state index in [0.29, 0.717) is 11.4 Å². The maximum Gasteiger partial charge on any atom is 0.343 e. The monoisotopic (exact) mass is 287 g/mol. The molecule has 0 unspecified atom stereocenters. The van der Waals surface area contributed by atoms with Crippen molar-refractivity contribution in [2.45, 2.75) is 20.8 Å². The largest absolute Gasteiger partial charge is 0.462 e. The molecule has 0 saturated heterocycles. The SMILES string of the molecule is CCOC(=O)c1c(C)[nH]c(-c2ccccc2)c1OC(C)=O. The molecule has 2 rings (SSSR count). The molecule has 1 N–H and O–H groups in total. The molecule has 0 spiro atoms. The fraction of sp³-hybridized carbons (Fsp3) is 0.250. The van der Waals surface area contributed by atoms with Crippen LogP contribution >= 0.6 is 0 Å². The first-order chi connectivity index (χ1) is 10.0. The Morgan fingerprint density at radius 2 is 1.86 bits per heavy atom. The van der Waals surface area contributed by atoms with Crippen LogP contribution in [0.5, 0.6) is 5.75 Å². The fourth-order valence-electron chi connectivity index (χ4n) is 2.10. The van der Waals surface area contributed by atoms with Crippen molar-refractivity contribution in [3.8, 4) is 17.0 Å². The molecular weight excluding hydrogens is 270 g/mol. The summed E-state index contributed by atoms with van der Waals surface area (Å²) in [7, 11) is 0. The number of rotatable bonds is 4. The standard InChI is InChI=1S/C16H17NO4/c1-4-20-16(19)13-10(2)17-14(15(13)21-11(3)18)12-8-6-5-7-9-12/h5-9,17H,4H2,1-3H3. The topological polar surface area (TPSA) is 68.4 Å². The Kier molecular flexibility index (Phi) is 4.42. The molecule has 0 fully saturated rings. The molecule has 1 heterocycles. The van der Waals surface area contributed by atoms with Crippen molar-refractivity contribution in [3.05, 3.63) is 41.6 Å². The van der Waals surface area contributed by atoms with Crippen LogP contribution in [0.25, 0.3) is 11.3 Å². The molecule has 1 aromatic carbocycles. The highest BCUT2D eigenvalue weighted by molar-refractivity contribution is 5.98. The van der Waals surface area contributed by atoms with Gasteiger partial charge >= 0.3 is 11.9 Å². The molecule has 0 atom stereocenters. The van der Waals surface area contributed by atoms with Gasteiger partial charge in [-0.1, -0.05) is 30.3 Å². The lowest BCUT2D eigenvalue weighted by molar-refractivity contribution is -0.131. The van der Waals surface area contributed by atoms with Crippen molar-refractivity contribution in [1.82, 2.24) is 4.98 Å². The van der Waals surface area contributed by atoms with Gasteiger partial charge in [0.1, 0.15) is 5.56 Å². The third-order valence-corrected chi connectivity index (χ3v) is 2.93. The Balaban J connectivity index is 2.58. The van der Waals surface area contributed by atoms with E-state index in [0.717, 1.165) is 5.56 Å². The number of hydrogen-bond acceptors (Lipinski definition) is 4. The van der Waals surface area contributed by atoms with Gasteiger partial charge in [-0.15, -0.1) is 0 Å². The molecule has 5 heteroatoms. The summed E-state index contributed by atoms with van der Waals surface area (Å²) in [6, 6.07) is 9.36. The van der Waals surface area contributed by atoms with Crippen LogP contribution in [0.1, 0.15) is 29.9 Å². The quantitative estimate of drug-likeness (QED) is 0.877. The van der Waals surface area contributed by atoms with Gasteiger partial charge in [-0.05, 0) is 13.8 Å². The van der Waals surface area contributed by atoms with E-state index in [2.05, 4.69) is 4.98 Å². The number of aromatic amines is 1. The molecule has 0 bridgehead atoms. The number of ether oxygens (including phenoxy) is 2. The molecule has 0 aliphatic carbocycles. The molecule has 0 aliphatic heterocycles. The maximum atomic E-state index is 12.1. The van der Waals surface area contributed by atoms with E-state index in [4.69, 9.17) is 9.47 Å². The number of carbonyl (C=O) groups excluding carboxylic acids is 2. The van der Waals surface area contributed by atoms with Gasteiger partial charge in [-0.2, -0.15) is 0 Å². The molecule has 110 valence electrons.